The number of morpholine rings is 1. The average Bonchev–Trinajstić information content (AvgIpc) is 2.46. The maximum Gasteiger partial charge on any atom is 0.251 e. The van der Waals surface area contributed by atoms with Crippen molar-refractivity contribution in [2.24, 2.45) is 0 Å². The van der Waals surface area contributed by atoms with E-state index >= 15 is 0 Å². The van der Waals surface area contributed by atoms with Crippen molar-refractivity contribution in [3.63, 3.8) is 0 Å². The molecule has 126 valence electrons. The summed E-state index contributed by atoms with van der Waals surface area (Å²) in [5.41, 5.74) is -0.635. The molecular weight excluding hydrogens is 306 g/mol. The van der Waals surface area contributed by atoms with Crippen LogP contribution in [0.3, 0.4) is 0 Å². The Bertz CT molecular complexity index is 599. The van der Waals surface area contributed by atoms with E-state index in [0.717, 1.165) is 12.1 Å². The molecule has 1 atom stereocenters. The van der Waals surface area contributed by atoms with E-state index in [2.05, 4.69) is 5.32 Å². The first-order valence-electron chi connectivity index (χ1n) is 7.35. The summed E-state index contributed by atoms with van der Waals surface area (Å²) < 4.78 is 31.8. The Labute approximate surface area is 133 Å². The molecule has 1 saturated heterocycles. The van der Waals surface area contributed by atoms with Gasteiger partial charge in [-0.15, -0.1) is 0 Å². The molecule has 5 nitrogen and oxygen atoms in total. The zero-order valence-corrected chi connectivity index (χ0v) is 13.4. The normalized spacial score (nSPS) is 20.2. The summed E-state index contributed by atoms with van der Waals surface area (Å²) in [6.45, 7) is 6.21. The van der Waals surface area contributed by atoms with Crippen molar-refractivity contribution in [1.82, 2.24) is 10.2 Å². The number of rotatable bonds is 3. The van der Waals surface area contributed by atoms with E-state index in [1.54, 1.807) is 4.90 Å². The fourth-order valence-corrected chi connectivity index (χ4v) is 2.46. The van der Waals surface area contributed by atoms with E-state index in [1.807, 2.05) is 20.8 Å². The lowest BCUT2D eigenvalue weighted by atomic mass is 10.0. The molecule has 0 spiro atoms. The van der Waals surface area contributed by atoms with Crippen LogP contribution >= 0.6 is 0 Å². The van der Waals surface area contributed by atoms with Gasteiger partial charge in [-0.2, -0.15) is 0 Å². The van der Waals surface area contributed by atoms with E-state index in [9.17, 15) is 18.4 Å². The number of hydrogen-bond donors (Lipinski definition) is 1. The molecular formula is C16H20F2N2O3. The Morgan fingerprint density at radius 3 is 2.52 bits per heavy atom. The highest BCUT2D eigenvalue weighted by Gasteiger charge is 2.36. The van der Waals surface area contributed by atoms with E-state index < -0.39 is 23.1 Å². The fraction of sp³-hybridized carbons (Fsp3) is 0.500. The van der Waals surface area contributed by atoms with Crippen LogP contribution in [-0.4, -0.2) is 48.1 Å². The molecule has 0 aromatic heterocycles. The van der Waals surface area contributed by atoms with Crippen molar-refractivity contribution in [2.75, 3.05) is 19.7 Å². The van der Waals surface area contributed by atoms with Crippen molar-refractivity contribution in [2.45, 2.75) is 32.4 Å². The average molecular weight is 326 g/mol. The lowest BCUT2D eigenvalue weighted by Gasteiger charge is -2.44. The number of hydrogen-bond acceptors (Lipinski definition) is 3. The van der Waals surface area contributed by atoms with Crippen molar-refractivity contribution in [1.29, 1.82) is 0 Å². The van der Waals surface area contributed by atoms with Crippen LogP contribution in [0.4, 0.5) is 8.78 Å². The largest absolute Gasteiger partial charge is 0.374 e. The van der Waals surface area contributed by atoms with Crippen LogP contribution in [0.25, 0.3) is 0 Å². The molecule has 1 unspecified atom stereocenters. The van der Waals surface area contributed by atoms with E-state index in [1.165, 1.54) is 0 Å². The zero-order chi connectivity index (χ0) is 17.2. The number of benzene rings is 1. The maximum absolute atomic E-state index is 13.1. The minimum Gasteiger partial charge on any atom is -0.374 e. The van der Waals surface area contributed by atoms with Crippen LogP contribution in [0.1, 0.15) is 31.1 Å². The second-order valence-electron chi connectivity index (χ2n) is 6.28. The molecule has 1 aliphatic rings. The Morgan fingerprint density at radius 1 is 1.30 bits per heavy atom. The minimum absolute atomic E-state index is 0.0833. The number of halogens is 2. The topological polar surface area (TPSA) is 58.6 Å². The highest BCUT2D eigenvalue weighted by Crippen LogP contribution is 2.21. The van der Waals surface area contributed by atoms with Crippen LogP contribution in [0, 0.1) is 11.6 Å². The van der Waals surface area contributed by atoms with Gasteiger partial charge in [0.15, 0.2) is 0 Å². The first kappa shape index (κ1) is 17.3. The van der Waals surface area contributed by atoms with Gasteiger partial charge in [0, 0.05) is 18.2 Å². The number of amides is 2. The second kappa shape index (κ2) is 6.62. The van der Waals surface area contributed by atoms with Crippen LogP contribution in [0.5, 0.6) is 0 Å². The molecule has 0 bridgehead atoms. The maximum atomic E-state index is 13.1. The third-order valence-electron chi connectivity index (χ3n) is 3.72. The highest BCUT2D eigenvalue weighted by molar-refractivity contribution is 5.96. The number of nitrogens with one attached hydrogen (secondary N) is 1. The summed E-state index contributed by atoms with van der Waals surface area (Å²) >= 11 is 0. The molecule has 7 heteroatoms. The van der Waals surface area contributed by atoms with Crippen LogP contribution in [0.2, 0.25) is 0 Å². The summed E-state index contributed by atoms with van der Waals surface area (Å²) in [5.74, 6) is -2.65. The molecule has 0 aliphatic carbocycles. The molecule has 0 saturated carbocycles. The number of carbonyl (C=O) groups is 2. The fourth-order valence-electron chi connectivity index (χ4n) is 2.46. The van der Waals surface area contributed by atoms with E-state index in [0.29, 0.717) is 19.2 Å². The zero-order valence-electron chi connectivity index (χ0n) is 13.4. The lowest BCUT2D eigenvalue weighted by Crippen LogP contribution is -2.59. The van der Waals surface area contributed by atoms with Gasteiger partial charge < -0.3 is 15.0 Å². The first-order chi connectivity index (χ1) is 10.7. The first-order valence-corrected chi connectivity index (χ1v) is 7.35. The molecule has 2 amide bonds. The minimum atomic E-state index is -0.843. The van der Waals surface area contributed by atoms with Crippen LogP contribution in [0.15, 0.2) is 18.2 Å². The third kappa shape index (κ3) is 4.25. The summed E-state index contributed by atoms with van der Waals surface area (Å²) in [5, 5.41) is 2.40. The van der Waals surface area contributed by atoms with Gasteiger partial charge in [-0.25, -0.2) is 8.78 Å². The molecule has 1 heterocycles. The molecule has 2 rings (SSSR count). The summed E-state index contributed by atoms with van der Waals surface area (Å²) in [6, 6.07) is 2.52. The van der Waals surface area contributed by atoms with Gasteiger partial charge in [0.25, 0.3) is 5.91 Å². The monoisotopic (exact) mass is 326 g/mol. The van der Waals surface area contributed by atoms with Gasteiger partial charge in [0.05, 0.1) is 24.8 Å². The van der Waals surface area contributed by atoms with Crippen molar-refractivity contribution in [3.05, 3.63) is 35.4 Å². The molecule has 23 heavy (non-hydrogen) atoms. The molecule has 0 radical (unpaired) electrons. The van der Waals surface area contributed by atoms with Gasteiger partial charge in [0.1, 0.15) is 11.6 Å². The molecule has 1 fully saturated rings. The van der Waals surface area contributed by atoms with E-state index in [-0.39, 0.29) is 24.1 Å². The predicted octanol–water partition coefficient (Wildman–Crippen LogP) is 1.72. The summed E-state index contributed by atoms with van der Waals surface area (Å²) in [6.07, 6.45) is -0.0833. The van der Waals surface area contributed by atoms with Gasteiger partial charge in [-0.1, -0.05) is 0 Å². The Morgan fingerprint density at radius 2 is 1.91 bits per heavy atom. The van der Waals surface area contributed by atoms with Crippen molar-refractivity contribution in [3.8, 4) is 0 Å². The lowest BCUT2D eigenvalue weighted by molar-refractivity contribution is -0.151. The van der Waals surface area contributed by atoms with Crippen LogP contribution < -0.4 is 5.32 Å². The van der Waals surface area contributed by atoms with Gasteiger partial charge >= 0.3 is 0 Å². The van der Waals surface area contributed by atoms with Gasteiger partial charge in [0.2, 0.25) is 5.91 Å². The standard InChI is InChI=1S/C16H20F2N2O3/c1-10-8-20(16(2,3)9-23-10)14(21)7-19-15(22)11-4-12(17)6-13(18)5-11/h4-6,10H,7-9H2,1-3H3,(H,19,22). The molecule has 1 aromatic rings. The highest BCUT2D eigenvalue weighted by atomic mass is 19.1. The molecule has 1 N–H and O–H groups in total. The second-order valence-corrected chi connectivity index (χ2v) is 6.28. The number of ether oxygens (including phenoxy) is 1. The molecule has 1 aromatic carbocycles. The molecule has 1 aliphatic heterocycles. The smallest absolute Gasteiger partial charge is 0.251 e. The summed E-state index contributed by atoms with van der Waals surface area (Å²) in [7, 11) is 0. The van der Waals surface area contributed by atoms with Gasteiger partial charge in [-0.3, -0.25) is 9.59 Å². The quantitative estimate of drug-likeness (QED) is 0.920. The number of nitrogens with zero attached hydrogens (tertiary/aromatic N) is 1. The van der Waals surface area contributed by atoms with E-state index in [4.69, 9.17) is 4.74 Å². The van der Waals surface area contributed by atoms with Gasteiger partial charge in [-0.05, 0) is 32.9 Å². The van der Waals surface area contributed by atoms with Crippen LogP contribution in [-0.2, 0) is 9.53 Å². The SMILES string of the molecule is CC1CN(C(=O)CNC(=O)c2cc(F)cc(F)c2)C(C)(C)CO1. The Kier molecular flexibility index (Phi) is 4.99. The number of carbonyl (C=O) groups excluding carboxylic acids is 2. The summed E-state index contributed by atoms with van der Waals surface area (Å²) in [4.78, 5) is 25.9. The van der Waals surface area contributed by atoms with Crippen molar-refractivity contribution < 1.29 is 23.1 Å². The Balaban J connectivity index is 1.99. The Hall–Kier alpha value is -2.02. The predicted molar refractivity (Wildman–Crippen MR) is 79.9 cm³/mol. The van der Waals surface area contributed by atoms with Crippen molar-refractivity contribution >= 4 is 11.8 Å². The third-order valence-corrected chi connectivity index (χ3v) is 3.72.